The average molecular weight is 251 g/mol. The van der Waals surface area contributed by atoms with Crippen molar-refractivity contribution < 1.29 is 9.18 Å². The highest BCUT2D eigenvalue weighted by Gasteiger charge is 2.07. The summed E-state index contributed by atoms with van der Waals surface area (Å²) in [5.41, 5.74) is 5.64. The van der Waals surface area contributed by atoms with E-state index >= 15 is 0 Å². The van der Waals surface area contributed by atoms with Gasteiger partial charge in [-0.05, 0) is 18.2 Å². The van der Waals surface area contributed by atoms with Gasteiger partial charge in [-0.1, -0.05) is 0 Å². The summed E-state index contributed by atoms with van der Waals surface area (Å²) in [6.45, 7) is 0.413. The zero-order chi connectivity index (χ0) is 12.3. The lowest BCUT2D eigenvalue weighted by atomic mass is 10.2. The third-order valence-electron chi connectivity index (χ3n) is 2.16. The summed E-state index contributed by atoms with van der Waals surface area (Å²) >= 11 is 1.47. The number of hydrogen-bond donors (Lipinski definition) is 2. The fourth-order valence-corrected chi connectivity index (χ4v) is 1.88. The highest BCUT2D eigenvalue weighted by molar-refractivity contribution is 7.09. The Bertz CT molecular complexity index is 528. The van der Waals surface area contributed by atoms with Crippen LogP contribution in [0.5, 0.6) is 0 Å². The third-order valence-corrected chi connectivity index (χ3v) is 2.94. The predicted molar refractivity (Wildman–Crippen MR) is 64.4 cm³/mol. The van der Waals surface area contributed by atoms with Crippen LogP contribution in [0.15, 0.2) is 29.8 Å². The molecule has 0 aliphatic heterocycles. The molecular weight excluding hydrogens is 241 g/mol. The van der Waals surface area contributed by atoms with Gasteiger partial charge in [0.25, 0.3) is 0 Å². The summed E-state index contributed by atoms with van der Waals surface area (Å²) in [5.74, 6) is -1.01. The van der Waals surface area contributed by atoms with Crippen molar-refractivity contribution in [2.45, 2.75) is 6.54 Å². The Labute approximate surface area is 101 Å². The van der Waals surface area contributed by atoms with Crippen LogP contribution in [-0.2, 0) is 6.54 Å². The number of rotatable bonds is 4. The molecule has 2 rings (SSSR count). The van der Waals surface area contributed by atoms with Crippen LogP contribution in [-0.4, -0.2) is 10.9 Å². The van der Waals surface area contributed by atoms with Crippen LogP contribution >= 0.6 is 11.3 Å². The van der Waals surface area contributed by atoms with Gasteiger partial charge in [0.15, 0.2) is 0 Å². The van der Waals surface area contributed by atoms with E-state index in [2.05, 4.69) is 10.3 Å². The van der Waals surface area contributed by atoms with Crippen LogP contribution in [0.25, 0.3) is 0 Å². The first-order valence-corrected chi connectivity index (χ1v) is 5.76. The number of anilines is 1. The van der Waals surface area contributed by atoms with E-state index in [1.807, 2.05) is 5.38 Å². The molecule has 2 aromatic rings. The van der Waals surface area contributed by atoms with Crippen molar-refractivity contribution >= 4 is 22.9 Å². The second-order valence-corrected chi connectivity index (χ2v) is 4.32. The predicted octanol–water partition coefficient (Wildman–Crippen LogP) is 1.99. The minimum Gasteiger partial charge on any atom is -0.376 e. The number of nitrogens with one attached hydrogen (secondary N) is 1. The number of nitrogens with two attached hydrogens (primary N) is 1. The summed E-state index contributed by atoms with van der Waals surface area (Å²) < 4.78 is 13.4. The largest absolute Gasteiger partial charge is 0.376 e. The van der Waals surface area contributed by atoms with Gasteiger partial charge in [-0.2, -0.15) is 0 Å². The zero-order valence-corrected chi connectivity index (χ0v) is 9.63. The van der Waals surface area contributed by atoms with Crippen molar-refractivity contribution in [2.75, 3.05) is 5.32 Å². The second kappa shape index (κ2) is 4.92. The number of benzene rings is 1. The van der Waals surface area contributed by atoms with Gasteiger partial charge in [0, 0.05) is 17.1 Å². The maximum Gasteiger partial charge on any atom is 0.248 e. The number of carbonyl (C=O) groups excluding carboxylic acids is 1. The van der Waals surface area contributed by atoms with Gasteiger partial charge in [0.1, 0.15) is 10.8 Å². The number of thiazole rings is 1. The van der Waals surface area contributed by atoms with Crippen LogP contribution in [0.3, 0.4) is 0 Å². The van der Waals surface area contributed by atoms with E-state index in [0.717, 1.165) is 5.01 Å². The minimum absolute atomic E-state index is 0.247. The van der Waals surface area contributed by atoms with E-state index < -0.39 is 11.7 Å². The van der Waals surface area contributed by atoms with Gasteiger partial charge >= 0.3 is 0 Å². The molecule has 17 heavy (non-hydrogen) atoms. The molecule has 1 aromatic heterocycles. The summed E-state index contributed by atoms with van der Waals surface area (Å²) in [7, 11) is 0. The molecule has 0 radical (unpaired) electrons. The van der Waals surface area contributed by atoms with Gasteiger partial charge in [-0.3, -0.25) is 4.79 Å². The summed E-state index contributed by atoms with van der Waals surface area (Å²) in [6.07, 6.45) is 1.68. The minimum atomic E-state index is -0.581. The maximum atomic E-state index is 13.4. The summed E-state index contributed by atoms with van der Waals surface area (Å²) in [4.78, 5) is 15.0. The molecule has 0 saturated heterocycles. The van der Waals surface area contributed by atoms with Gasteiger partial charge in [-0.25, -0.2) is 9.37 Å². The third kappa shape index (κ3) is 2.79. The van der Waals surface area contributed by atoms with Crippen LogP contribution in [0.4, 0.5) is 10.1 Å². The number of aromatic nitrogens is 1. The number of carbonyl (C=O) groups is 1. The van der Waals surface area contributed by atoms with E-state index in [0.29, 0.717) is 6.54 Å². The molecule has 4 nitrogen and oxygen atoms in total. The molecule has 0 saturated carbocycles. The zero-order valence-electron chi connectivity index (χ0n) is 8.81. The average Bonchev–Trinajstić information content (AvgIpc) is 2.80. The van der Waals surface area contributed by atoms with Gasteiger partial charge in [0.05, 0.1) is 12.2 Å². The molecule has 1 amide bonds. The van der Waals surface area contributed by atoms with Gasteiger partial charge < -0.3 is 11.1 Å². The molecule has 0 unspecified atom stereocenters. The Kier molecular flexibility index (Phi) is 3.34. The molecule has 0 fully saturated rings. The lowest BCUT2D eigenvalue weighted by molar-refractivity contribution is 0.100. The first-order chi connectivity index (χ1) is 8.16. The summed E-state index contributed by atoms with van der Waals surface area (Å²) in [5, 5.41) is 5.56. The Hall–Kier alpha value is -1.95. The first kappa shape index (κ1) is 11.5. The number of primary amides is 1. The smallest absolute Gasteiger partial charge is 0.248 e. The van der Waals surface area contributed by atoms with Crippen molar-refractivity contribution in [3.05, 3.63) is 46.2 Å². The van der Waals surface area contributed by atoms with Crippen LogP contribution in [0.1, 0.15) is 15.4 Å². The van der Waals surface area contributed by atoms with Gasteiger partial charge in [0.2, 0.25) is 5.91 Å². The van der Waals surface area contributed by atoms with Gasteiger partial charge in [-0.15, -0.1) is 11.3 Å². The normalized spacial score (nSPS) is 10.2. The Morgan fingerprint density at radius 1 is 1.53 bits per heavy atom. The number of nitrogens with zero attached hydrogens (tertiary/aromatic N) is 1. The number of hydrogen-bond acceptors (Lipinski definition) is 4. The maximum absolute atomic E-state index is 13.4. The van der Waals surface area contributed by atoms with Crippen LogP contribution < -0.4 is 11.1 Å². The number of amides is 1. The molecule has 1 aromatic carbocycles. The first-order valence-electron chi connectivity index (χ1n) is 4.88. The van der Waals surface area contributed by atoms with Crippen LogP contribution in [0.2, 0.25) is 0 Å². The molecule has 0 bridgehead atoms. The van der Waals surface area contributed by atoms with Crippen molar-refractivity contribution in [3.8, 4) is 0 Å². The molecule has 3 N–H and O–H groups in total. The van der Waals surface area contributed by atoms with Crippen molar-refractivity contribution in [1.82, 2.24) is 4.98 Å². The molecule has 88 valence electrons. The second-order valence-electron chi connectivity index (χ2n) is 3.34. The SMILES string of the molecule is NC(=O)c1ccc(F)c(NCc2nccs2)c1. The highest BCUT2D eigenvalue weighted by atomic mass is 32.1. The Morgan fingerprint density at radius 3 is 3.00 bits per heavy atom. The quantitative estimate of drug-likeness (QED) is 0.873. The van der Waals surface area contributed by atoms with Crippen molar-refractivity contribution in [1.29, 1.82) is 0 Å². The fourth-order valence-electron chi connectivity index (χ4n) is 1.33. The summed E-state index contributed by atoms with van der Waals surface area (Å²) in [6, 6.07) is 3.96. The lowest BCUT2D eigenvalue weighted by Gasteiger charge is -2.06. The molecule has 0 aliphatic rings. The molecule has 0 aliphatic carbocycles. The molecular formula is C11H10FN3OS. The van der Waals surface area contributed by atoms with E-state index in [4.69, 9.17) is 5.73 Å². The van der Waals surface area contributed by atoms with E-state index in [-0.39, 0.29) is 11.3 Å². The Morgan fingerprint density at radius 2 is 2.35 bits per heavy atom. The van der Waals surface area contributed by atoms with Crippen molar-refractivity contribution in [3.63, 3.8) is 0 Å². The standard InChI is InChI=1S/C11H10FN3OS/c12-8-2-1-7(11(13)16)5-9(8)15-6-10-14-3-4-17-10/h1-5,15H,6H2,(H2,13,16). The molecule has 0 atom stereocenters. The molecule has 1 heterocycles. The highest BCUT2D eigenvalue weighted by Crippen LogP contribution is 2.17. The lowest BCUT2D eigenvalue weighted by Crippen LogP contribution is -2.12. The topological polar surface area (TPSA) is 68.0 Å². The Balaban J connectivity index is 2.14. The van der Waals surface area contributed by atoms with E-state index in [1.165, 1.54) is 29.5 Å². The van der Waals surface area contributed by atoms with E-state index in [1.54, 1.807) is 6.20 Å². The fraction of sp³-hybridized carbons (Fsp3) is 0.0909. The molecule has 6 heteroatoms. The monoisotopic (exact) mass is 251 g/mol. The van der Waals surface area contributed by atoms with E-state index in [9.17, 15) is 9.18 Å². The molecule has 0 spiro atoms. The van der Waals surface area contributed by atoms with Crippen LogP contribution in [0, 0.1) is 5.82 Å². The number of halogens is 1. The van der Waals surface area contributed by atoms with Crippen molar-refractivity contribution in [2.24, 2.45) is 5.73 Å².